The highest BCUT2D eigenvalue weighted by molar-refractivity contribution is 7.20. The van der Waals surface area contributed by atoms with Crippen molar-refractivity contribution in [2.24, 2.45) is 0 Å². The standard InChI is InChI=1S/C20H21N3O3S/c1-11-7-5-6-8-15(11)22-18(25)17-13(3)16-19(27-17)21-14(4)23(20(16)26)10-9-12(2)24/h5-8H,9-10H2,1-4H3,(H,22,25). The monoisotopic (exact) mass is 383 g/mol. The summed E-state index contributed by atoms with van der Waals surface area (Å²) < 4.78 is 1.51. The van der Waals surface area contributed by atoms with E-state index in [0.29, 0.717) is 33.0 Å². The van der Waals surface area contributed by atoms with E-state index in [-0.39, 0.29) is 23.7 Å². The topological polar surface area (TPSA) is 81.1 Å². The summed E-state index contributed by atoms with van der Waals surface area (Å²) in [4.78, 5) is 42.5. The summed E-state index contributed by atoms with van der Waals surface area (Å²) in [5, 5.41) is 3.36. The Hall–Kier alpha value is -2.80. The van der Waals surface area contributed by atoms with Crippen LogP contribution in [0.15, 0.2) is 29.1 Å². The van der Waals surface area contributed by atoms with Crippen LogP contribution in [0.3, 0.4) is 0 Å². The van der Waals surface area contributed by atoms with Gasteiger partial charge in [0.05, 0.1) is 10.3 Å². The molecule has 140 valence electrons. The van der Waals surface area contributed by atoms with E-state index >= 15 is 0 Å². The molecule has 2 heterocycles. The van der Waals surface area contributed by atoms with Crippen LogP contribution in [0.1, 0.15) is 40.0 Å². The Bertz CT molecular complexity index is 1110. The molecular formula is C20H21N3O3S. The molecule has 0 aliphatic carbocycles. The van der Waals surface area contributed by atoms with Crippen LogP contribution in [-0.4, -0.2) is 21.2 Å². The first-order chi connectivity index (χ1) is 12.8. The van der Waals surface area contributed by atoms with Gasteiger partial charge in [-0.25, -0.2) is 4.98 Å². The Labute approximate surface area is 160 Å². The Morgan fingerprint density at radius 2 is 1.89 bits per heavy atom. The average molecular weight is 383 g/mol. The van der Waals surface area contributed by atoms with Gasteiger partial charge in [-0.2, -0.15) is 0 Å². The normalized spacial score (nSPS) is 11.0. The zero-order valence-corrected chi connectivity index (χ0v) is 16.6. The number of amides is 1. The summed E-state index contributed by atoms with van der Waals surface area (Å²) in [5.41, 5.74) is 2.12. The maximum Gasteiger partial charge on any atom is 0.266 e. The molecule has 0 unspecified atom stereocenters. The van der Waals surface area contributed by atoms with Crippen molar-refractivity contribution in [3.63, 3.8) is 0 Å². The van der Waals surface area contributed by atoms with Crippen LogP contribution < -0.4 is 10.9 Å². The van der Waals surface area contributed by atoms with Gasteiger partial charge in [-0.05, 0) is 44.9 Å². The minimum absolute atomic E-state index is 0.0155. The second kappa shape index (κ2) is 7.44. The molecule has 0 aliphatic heterocycles. The van der Waals surface area contributed by atoms with Crippen LogP contribution in [0.4, 0.5) is 5.69 Å². The molecule has 1 N–H and O–H groups in total. The largest absolute Gasteiger partial charge is 0.321 e. The van der Waals surface area contributed by atoms with Gasteiger partial charge in [-0.3, -0.25) is 19.0 Å². The molecule has 0 fully saturated rings. The summed E-state index contributed by atoms with van der Waals surface area (Å²) in [6, 6.07) is 7.53. The zero-order chi connectivity index (χ0) is 19.7. The van der Waals surface area contributed by atoms with Crippen LogP contribution in [0.25, 0.3) is 10.2 Å². The molecule has 6 nitrogen and oxygen atoms in total. The molecule has 0 atom stereocenters. The molecule has 3 rings (SSSR count). The van der Waals surface area contributed by atoms with Crippen LogP contribution in [0, 0.1) is 20.8 Å². The summed E-state index contributed by atoms with van der Waals surface area (Å²) in [7, 11) is 0. The van der Waals surface area contributed by atoms with Gasteiger partial charge in [0.2, 0.25) is 0 Å². The fourth-order valence-electron chi connectivity index (χ4n) is 2.96. The van der Waals surface area contributed by atoms with Gasteiger partial charge in [0, 0.05) is 18.7 Å². The maximum atomic E-state index is 12.9. The molecule has 0 saturated carbocycles. The van der Waals surface area contributed by atoms with E-state index in [1.54, 1.807) is 13.8 Å². The van der Waals surface area contributed by atoms with E-state index in [4.69, 9.17) is 0 Å². The molecular weight excluding hydrogens is 362 g/mol. The fourth-order valence-corrected chi connectivity index (χ4v) is 4.07. The molecule has 27 heavy (non-hydrogen) atoms. The van der Waals surface area contributed by atoms with Gasteiger partial charge in [0.1, 0.15) is 16.4 Å². The predicted octanol–water partition coefficient (Wildman–Crippen LogP) is 3.61. The summed E-state index contributed by atoms with van der Waals surface area (Å²) >= 11 is 1.22. The molecule has 0 spiro atoms. The number of benzene rings is 1. The Morgan fingerprint density at radius 3 is 2.56 bits per heavy atom. The highest BCUT2D eigenvalue weighted by Gasteiger charge is 2.21. The van der Waals surface area contributed by atoms with Crippen molar-refractivity contribution in [1.82, 2.24) is 9.55 Å². The van der Waals surface area contributed by atoms with Crippen molar-refractivity contribution < 1.29 is 9.59 Å². The fraction of sp³-hybridized carbons (Fsp3) is 0.300. The second-order valence-corrected chi connectivity index (χ2v) is 7.57. The number of aromatic nitrogens is 2. The van der Waals surface area contributed by atoms with E-state index in [0.717, 1.165) is 11.3 Å². The highest BCUT2D eigenvalue weighted by Crippen LogP contribution is 2.28. The molecule has 0 saturated heterocycles. The third kappa shape index (κ3) is 3.68. The van der Waals surface area contributed by atoms with Crippen LogP contribution in [0.2, 0.25) is 0 Å². The van der Waals surface area contributed by atoms with Crippen LogP contribution in [-0.2, 0) is 11.3 Å². The lowest BCUT2D eigenvalue weighted by atomic mass is 10.1. The first-order valence-corrected chi connectivity index (χ1v) is 9.48. The Kier molecular flexibility index (Phi) is 5.23. The summed E-state index contributed by atoms with van der Waals surface area (Å²) in [5.74, 6) is 0.305. The zero-order valence-electron chi connectivity index (χ0n) is 15.8. The van der Waals surface area contributed by atoms with E-state index in [1.165, 1.54) is 22.8 Å². The number of hydrogen-bond donors (Lipinski definition) is 1. The van der Waals surface area contributed by atoms with Crippen LogP contribution >= 0.6 is 11.3 Å². The SMILES string of the molecule is CC(=O)CCn1c(C)nc2sc(C(=O)Nc3ccccc3C)c(C)c2c1=O. The Balaban J connectivity index is 2.03. The van der Waals surface area contributed by atoms with Gasteiger partial charge < -0.3 is 5.32 Å². The van der Waals surface area contributed by atoms with Crippen molar-refractivity contribution in [1.29, 1.82) is 0 Å². The molecule has 0 aliphatic rings. The number of anilines is 1. The number of carbonyl (C=O) groups excluding carboxylic acids is 2. The maximum absolute atomic E-state index is 12.9. The molecule has 0 radical (unpaired) electrons. The van der Waals surface area contributed by atoms with Crippen molar-refractivity contribution in [2.75, 3.05) is 5.32 Å². The highest BCUT2D eigenvalue weighted by atomic mass is 32.1. The third-order valence-electron chi connectivity index (χ3n) is 4.53. The van der Waals surface area contributed by atoms with E-state index in [9.17, 15) is 14.4 Å². The van der Waals surface area contributed by atoms with Crippen LogP contribution in [0.5, 0.6) is 0 Å². The first kappa shape index (κ1) is 19.0. The lowest BCUT2D eigenvalue weighted by molar-refractivity contribution is -0.117. The third-order valence-corrected chi connectivity index (χ3v) is 5.71. The lowest BCUT2D eigenvalue weighted by Gasteiger charge is -2.08. The lowest BCUT2D eigenvalue weighted by Crippen LogP contribution is -2.24. The minimum Gasteiger partial charge on any atom is -0.321 e. The first-order valence-electron chi connectivity index (χ1n) is 8.66. The smallest absolute Gasteiger partial charge is 0.266 e. The molecule has 7 heteroatoms. The summed E-state index contributed by atoms with van der Waals surface area (Å²) in [6.45, 7) is 7.22. The molecule has 3 aromatic rings. The average Bonchev–Trinajstić information content (AvgIpc) is 2.93. The van der Waals surface area contributed by atoms with Crippen molar-refractivity contribution in [3.8, 4) is 0 Å². The predicted molar refractivity (Wildman–Crippen MR) is 108 cm³/mol. The second-order valence-electron chi connectivity index (χ2n) is 6.57. The number of aryl methyl sites for hydroxylation is 3. The number of Topliss-reactive ketones (excluding diaryl/α,β-unsaturated/α-hetero) is 1. The number of fused-ring (bicyclic) bond motifs is 1. The summed E-state index contributed by atoms with van der Waals surface area (Å²) in [6.07, 6.45) is 0.276. The number of rotatable bonds is 5. The van der Waals surface area contributed by atoms with E-state index in [2.05, 4.69) is 10.3 Å². The molecule has 2 aromatic heterocycles. The number of carbonyl (C=O) groups is 2. The number of ketones is 1. The number of nitrogens with one attached hydrogen (secondary N) is 1. The van der Waals surface area contributed by atoms with E-state index in [1.807, 2.05) is 31.2 Å². The van der Waals surface area contributed by atoms with Gasteiger partial charge in [0.25, 0.3) is 11.5 Å². The van der Waals surface area contributed by atoms with Crippen molar-refractivity contribution in [2.45, 2.75) is 40.7 Å². The van der Waals surface area contributed by atoms with E-state index < -0.39 is 0 Å². The number of nitrogens with zero attached hydrogens (tertiary/aromatic N) is 2. The molecule has 0 bridgehead atoms. The van der Waals surface area contributed by atoms with Gasteiger partial charge in [-0.1, -0.05) is 18.2 Å². The number of thiophene rings is 1. The van der Waals surface area contributed by atoms with Gasteiger partial charge >= 0.3 is 0 Å². The van der Waals surface area contributed by atoms with Crippen molar-refractivity contribution >= 4 is 38.9 Å². The number of hydrogen-bond acceptors (Lipinski definition) is 5. The minimum atomic E-state index is -0.253. The van der Waals surface area contributed by atoms with Gasteiger partial charge in [0.15, 0.2) is 0 Å². The Morgan fingerprint density at radius 1 is 1.19 bits per heavy atom. The number of para-hydroxylation sites is 1. The van der Waals surface area contributed by atoms with Gasteiger partial charge in [-0.15, -0.1) is 11.3 Å². The molecule has 1 aromatic carbocycles. The quantitative estimate of drug-likeness (QED) is 0.730. The van der Waals surface area contributed by atoms with Crippen molar-refractivity contribution in [3.05, 3.63) is 56.4 Å². The molecule has 1 amide bonds.